The highest BCUT2D eigenvalue weighted by atomic mass is 16.1. The van der Waals surface area contributed by atoms with Crippen LogP contribution in [0.15, 0.2) is 0 Å². The molecule has 0 aromatic rings. The fraction of sp³-hybridized carbons (Fsp3) is 0.933. The first kappa shape index (κ1) is 11.7. The van der Waals surface area contributed by atoms with Gasteiger partial charge in [-0.05, 0) is 25.7 Å². The van der Waals surface area contributed by atoms with E-state index in [1.165, 1.54) is 57.8 Å². The molecule has 2 atom stereocenters. The van der Waals surface area contributed by atoms with E-state index in [1.54, 1.807) is 0 Å². The van der Waals surface area contributed by atoms with Crippen molar-refractivity contribution >= 4 is 5.78 Å². The van der Waals surface area contributed by atoms with E-state index in [4.69, 9.17) is 0 Å². The molecule has 2 bridgehead atoms. The summed E-state index contributed by atoms with van der Waals surface area (Å²) in [6.45, 7) is 0. The SMILES string of the molecule is O=C1C[C@H]2CC[C@@H](C1)N2C1CCCCCCC1. The van der Waals surface area contributed by atoms with Gasteiger partial charge in [-0.1, -0.05) is 32.1 Å². The second-order valence-electron chi connectivity index (χ2n) is 6.28. The van der Waals surface area contributed by atoms with Gasteiger partial charge in [-0.25, -0.2) is 0 Å². The van der Waals surface area contributed by atoms with Crippen molar-refractivity contribution in [1.82, 2.24) is 4.90 Å². The molecule has 2 saturated heterocycles. The molecule has 2 heteroatoms. The van der Waals surface area contributed by atoms with Crippen molar-refractivity contribution < 1.29 is 4.79 Å². The number of fused-ring (bicyclic) bond motifs is 2. The number of hydrogen-bond acceptors (Lipinski definition) is 2. The minimum Gasteiger partial charge on any atom is -0.300 e. The predicted molar refractivity (Wildman–Crippen MR) is 69.0 cm³/mol. The van der Waals surface area contributed by atoms with Crippen LogP contribution in [-0.2, 0) is 4.79 Å². The molecule has 0 amide bonds. The molecule has 3 aliphatic rings. The van der Waals surface area contributed by atoms with Gasteiger partial charge in [0.25, 0.3) is 0 Å². The number of hydrogen-bond donors (Lipinski definition) is 0. The van der Waals surface area contributed by atoms with Crippen molar-refractivity contribution in [3.05, 3.63) is 0 Å². The summed E-state index contributed by atoms with van der Waals surface area (Å²) in [5.74, 6) is 0.527. The molecule has 0 unspecified atom stereocenters. The van der Waals surface area contributed by atoms with Gasteiger partial charge in [0.15, 0.2) is 0 Å². The van der Waals surface area contributed by atoms with Gasteiger partial charge in [0, 0.05) is 31.0 Å². The monoisotopic (exact) mass is 235 g/mol. The van der Waals surface area contributed by atoms with Gasteiger partial charge < -0.3 is 0 Å². The third kappa shape index (κ3) is 2.42. The van der Waals surface area contributed by atoms with Crippen LogP contribution >= 0.6 is 0 Å². The molecule has 1 saturated carbocycles. The van der Waals surface area contributed by atoms with Gasteiger partial charge in [-0.2, -0.15) is 0 Å². The smallest absolute Gasteiger partial charge is 0.136 e. The Morgan fingerprint density at radius 3 is 1.82 bits per heavy atom. The van der Waals surface area contributed by atoms with Crippen LogP contribution in [0.25, 0.3) is 0 Å². The van der Waals surface area contributed by atoms with Crippen LogP contribution in [0.2, 0.25) is 0 Å². The van der Waals surface area contributed by atoms with Crippen molar-refractivity contribution in [3.8, 4) is 0 Å². The lowest BCUT2D eigenvalue weighted by molar-refractivity contribution is -0.124. The van der Waals surface area contributed by atoms with Crippen molar-refractivity contribution in [2.75, 3.05) is 0 Å². The standard InChI is InChI=1S/C15H25NO/c17-15-10-13-8-9-14(11-15)16(13)12-6-4-2-1-3-5-7-12/h12-14H,1-11H2/t13-,14+. The van der Waals surface area contributed by atoms with Crippen molar-refractivity contribution in [2.45, 2.75) is 88.8 Å². The number of Topliss-reactive ketones (excluding diaryl/α,β-unsaturated/α-hetero) is 1. The van der Waals surface area contributed by atoms with Gasteiger partial charge in [0.1, 0.15) is 5.78 Å². The number of carbonyl (C=O) groups excluding carboxylic acids is 1. The van der Waals surface area contributed by atoms with Crippen LogP contribution in [0.4, 0.5) is 0 Å². The Balaban J connectivity index is 1.68. The zero-order chi connectivity index (χ0) is 11.7. The summed E-state index contributed by atoms with van der Waals surface area (Å²) in [4.78, 5) is 14.4. The number of carbonyl (C=O) groups is 1. The third-order valence-electron chi connectivity index (χ3n) is 5.10. The molecule has 3 fully saturated rings. The van der Waals surface area contributed by atoms with Crippen molar-refractivity contribution in [2.24, 2.45) is 0 Å². The Labute approximate surface area is 105 Å². The Bertz CT molecular complexity index is 265. The minimum absolute atomic E-state index is 0.527. The van der Waals surface area contributed by atoms with E-state index in [9.17, 15) is 4.79 Å². The molecule has 0 aromatic carbocycles. The summed E-state index contributed by atoms with van der Waals surface area (Å²) in [5, 5.41) is 0. The minimum atomic E-state index is 0.527. The van der Waals surface area contributed by atoms with E-state index in [0.29, 0.717) is 17.9 Å². The zero-order valence-corrected chi connectivity index (χ0v) is 10.9. The number of nitrogens with zero attached hydrogens (tertiary/aromatic N) is 1. The normalized spacial score (nSPS) is 36.8. The Hall–Kier alpha value is -0.370. The maximum absolute atomic E-state index is 11.6. The molecular weight excluding hydrogens is 210 g/mol. The molecule has 0 aromatic heterocycles. The van der Waals surface area contributed by atoms with Crippen LogP contribution in [0.5, 0.6) is 0 Å². The number of rotatable bonds is 1. The lowest BCUT2D eigenvalue weighted by atomic mass is 9.91. The van der Waals surface area contributed by atoms with Crippen molar-refractivity contribution in [1.29, 1.82) is 0 Å². The van der Waals surface area contributed by atoms with Crippen LogP contribution in [-0.4, -0.2) is 28.8 Å². The highest BCUT2D eigenvalue weighted by Gasteiger charge is 2.42. The largest absolute Gasteiger partial charge is 0.300 e. The molecule has 0 N–H and O–H groups in total. The van der Waals surface area contributed by atoms with Crippen LogP contribution < -0.4 is 0 Å². The van der Waals surface area contributed by atoms with Gasteiger partial charge in [-0.3, -0.25) is 9.69 Å². The van der Waals surface area contributed by atoms with Crippen molar-refractivity contribution in [3.63, 3.8) is 0 Å². The zero-order valence-electron chi connectivity index (χ0n) is 10.9. The van der Waals surface area contributed by atoms with Crippen LogP contribution in [0, 0.1) is 0 Å². The molecule has 96 valence electrons. The van der Waals surface area contributed by atoms with E-state index in [0.717, 1.165) is 18.9 Å². The fourth-order valence-corrected chi connectivity index (χ4v) is 4.33. The fourth-order valence-electron chi connectivity index (χ4n) is 4.33. The summed E-state index contributed by atoms with van der Waals surface area (Å²) >= 11 is 0. The summed E-state index contributed by atoms with van der Waals surface area (Å²) in [6.07, 6.45) is 14.2. The van der Waals surface area contributed by atoms with Gasteiger partial charge in [0.05, 0.1) is 0 Å². The molecule has 2 heterocycles. The van der Waals surface area contributed by atoms with E-state index >= 15 is 0 Å². The molecule has 0 spiro atoms. The Morgan fingerprint density at radius 2 is 1.24 bits per heavy atom. The number of ketones is 1. The predicted octanol–water partition coefficient (Wildman–Crippen LogP) is 3.30. The lowest BCUT2D eigenvalue weighted by Gasteiger charge is -2.41. The first-order valence-corrected chi connectivity index (χ1v) is 7.64. The molecule has 2 aliphatic heterocycles. The molecule has 3 rings (SSSR count). The van der Waals surface area contributed by atoms with E-state index < -0.39 is 0 Å². The maximum Gasteiger partial charge on any atom is 0.136 e. The Kier molecular flexibility index (Phi) is 3.51. The van der Waals surface area contributed by atoms with E-state index in [-0.39, 0.29) is 0 Å². The quantitative estimate of drug-likeness (QED) is 0.695. The summed E-state index contributed by atoms with van der Waals surface area (Å²) in [6, 6.07) is 2.04. The van der Waals surface area contributed by atoms with Crippen LogP contribution in [0.3, 0.4) is 0 Å². The molecular formula is C15H25NO. The summed E-state index contributed by atoms with van der Waals surface area (Å²) in [5.41, 5.74) is 0. The van der Waals surface area contributed by atoms with Crippen LogP contribution in [0.1, 0.15) is 70.6 Å². The highest BCUT2D eigenvalue weighted by Crippen LogP contribution is 2.38. The molecule has 2 nitrogen and oxygen atoms in total. The maximum atomic E-state index is 11.6. The summed E-state index contributed by atoms with van der Waals surface area (Å²) in [7, 11) is 0. The Morgan fingerprint density at radius 1 is 0.706 bits per heavy atom. The highest BCUT2D eigenvalue weighted by molar-refractivity contribution is 5.81. The van der Waals surface area contributed by atoms with E-state index in [1.807, 2.05) is 0 Å². The molecule has 1 aliphatic carbocycles. The second-order valence-corrected chi connectivity index (χ2v) is 6.28. The average molecular weight is 235 g/mol. The first-order chi connectivity index (χ1) is 8.34. The molecule has 0 radical (unpaired) electrons. The lowest BCUT2D eigenvalue weighted by Crippen LogP contribution is -2.49. The topological polar surface area (TPSA) is 20.3 Å². The first-order valence-electron chi connectivity index (χ1n) is 7.64. The second kappa shape index (κ2) is 5.09. The number of piperidine rings is 1. The molecule has 17 heavy (non-hydrogen) atoms. The average Bonchev–Trinajstić information content (AvgIpc) is 2.53. The third-order valence-corrected chi connectivity index (χ3v) is 5.10. The van der Waals surface area contributed by atoms with Gasteiger partial charge in [0.2, 0.25) is 0 Å². The van der Waals surface area contributed by atoms with E-state index in [2.05, 4.69) is 4.90 Å². The van der Waals surface area contributed by atoms with Gasteiger partial charge >= 0.3 is 0 Å². The van der Waals surface area contributed by atoms with Gasteiger partial charge in [-0.15, -0.1) is 0 Å². The summed E-state index contributed by atoms with van der Waals surface area (Å²) < 4.78 is 0.